The maximum atomic E-state index is 3.79. The van der Waals surface area contributed by atoms with E-state index < -0.39 is 0 Å². The van der Waals surface area contributed by atoms with Crippen LogP contribution in [0.2, 0.25) is 0 Å². The van der Waals surface area contributed by atoms with Crippen LogP contribution in [-0.2, 0) is 0 Å². The standard InChI is InChI=1S/C9H17NS2/c1-3-8-5-12-9(10-8)4-7(2)11-6-9/h7-8,10H,3-6H2,1-2H3. The van der Waals surface area contributed by atoms with Gasteiger partial charge in [0.25, 0.3) is 0 Å². The van der Waals surface area contributed by atoms with Crippen LogP contribution in [0, 0.1) is 0 Å². The summed E-state index contributed by atoms with van der Waals surface area (Å²) in [6.07, 6.45) is 2.65. The van der Waals surface area contributed by atoms with Crippen molar-refractivity contribution in [1.82, 2.24) is 5.32 Å². The molecule has 0 saturated carbocycles. The minimum absolute atomic E-state index is 0.463. The molecule has 1 spiro atoms. The van der Waals surface area contributed by atoms with E-state index in [1.165, 1.54) is 24.3 Å². The van der Waals surface area contributed by atoms with Crippen LogP contribution in [0.25, 0.3) is 0 Å². The Kier molecular flexibility index (Phi) is 2.64. The average molecular weight is 203 g/mol. The average Bonchev–Trinajstić information content (AvgIpc) is 2.61. The molecular formula is C9H17NS2. The third-order valence-electron chi connectivity index (χ3n) is 2.74. The number of nitrogens with one attached hydrogen (secondary N) is 1. The molecule has 1 nitrogen and oxygen atoms in total. The van der Waals surface area contributed by atoms with Gasteiger partial charge in [-0.1, -0.05) is 13.8 Å². The van der Waals surface area contributed by atoms with Gasteiger partial charge in [0, 0.05) is 22.8 Å². The molecule has 3 atom stereocenters. The van der Waals surface area contributed by atoms with Gasteiger partial charge in [0.1, 0.15) is 0 Å². The molecule has 2 fully saturated rings. The summed E-state index contributed by atoms with van der Waals surface area (Å²) in [5.41, 5.74) is 0. The van der Waals surface area contributed by atoms with E-state index in [-0.39, 0.29) is 0 Å². The molecule has 2 saturated heterocycles. The molecule has 0 aromatic heterocycles. The van der Waals surface area contributed by atoms with Gasteiger partial charge in [-0.25, -0.2) is 0 Å². The minimum Gasteiger partial charge on any atom is -0.298 e. The third kappa shape index (κ3) is 1.64. The van der Waals surface area contributed by atoms with E-state index in [2.05, 4.69) is 42.7 Å². The molecular weight excluding hydrogens is 186 g/mol. The van der Waals surface area contributed by atoms with Gasteiger partial charge in [0.05, 0.1) is 4.87 Å². The summed E-state index contributed by atoms with van der Waals surface area (Å²) in [6, 6.07) is 0.779. The Morgan fingerprint density at radius 3 is 2.92 bits per heavy atom. The summed E-state index contributed by atoms with van der Waals surface area (Å²) in [5, 5.41) is 4.65. The fourth-order valence-electron chi connectivity index (χ4n) is 2.00. The maximum absolute atomic E-state index is 3.79. The Balaban J connectivity index is 1.97. The van der Waals surface area contributed by atoms with Gasteiger partial charge >= 0.3 is 0 Å². The van der Waals surface area contributed by atoms with Crippen molar-refractivity contribution in [2.75, 3.05) is 11.5 Å². The second kappa shape index (κ2) is 3.43. The molecule has 0 radical (unpaired) electrons. The van der Waals surface area contributed by atoms with Crippen molar-refractivity contribution in [1.29, 1.82) is 0 Å². The molecule has 0 aromatic rings. The lowest BCUT2D eigenvalue weighted by molar-refractivity contribution is 0.452. The van der Waals surface area contributed by atoms with Crippen molar-refractivity contribution in [2.24, 2.45) is 0 Å². The molecule has 0 aromatic carbocycles. The molecule has 3 heteroatoms. The molecule has 2 aliphatic rings. The molecule has 1 N–H and O–H groups in total. The zero-order valence-electron chi connectivity index (χ0n) is 7.80. The van der Waals surface area contributed by atoms with Crippen molar-refractivity contribution in [3.63, 3.8) is 0 Å². The zero-order chi connectivity index (χ0) is 8.60. The molecule has 2 rings (SSSR count). The predicted molar refractivity (Wildman–Crippen MR) is 58.9 cm³/mol. The SMILES string of the molecule is CCC1CSC2(CSC(C)C2)N1. The lowest BCUT2D eigenvalue weighted by Gasteiger charge is -2.22. The highest BCUT2D eigenvalue weighted by Gasteiger charge is 2.43. The normalized spacial score (nSPS) is 47.5. The highest BCUT2D eigenvalue weighted by atomic mass is 32.2. The van der Waals surface area contributed by atoms with E-state index in [9.17, 15) is 0 Å². The maximum Gasteiger partial charge on any atom is 0.0750 e. The highest BCUT2D eigenvalue weighted by molar-refractivity contribution is 8.05. The van der Waals surface area contributed by atoms with Crippen LogP contribution in [0.3, 0.4) is 0 Å². The molecule has 0 bridgehead atoms. The van der Waals surface area contributed by atoms with Crippen molar-refractivity contribution in [2.45, 2.75) is 42.9 Å². The summed E-state index contributed by atoms with van der Waals surface area (Å²) < 4.78 is 0. The Hall–Kier alpha value is 0.660. The van der Waals surface area contributed by atoms with Gasteiger partial charge in [-0.2, -0.15) is 11.8 Å². The molecule has 2 aliphatic heterocycles. The molecule has 3 unspecified atom stereocenters. The topological polar surface area (TPSA) is 12.0 Å². The van der Waals surface area contributed by atoms with Gasteiger partial charge in [-0.3, -0.25) is 5.32 Å². The Morgan fingerprint density at radius 2 is 2.42 bits per heavy atom. The quantitative estimate of drug-likeness (QED) is 0.702. The number of hydrogen-bond donors (Lipinski definition) is 1. The van der Waals surface area contributed by atoms with Gasteiger partial charge in [0.15, 0.2) is 0 Å². The fraction of sp³-hybridized carbons (Fsp3) is 1.00. The summed E-state index contributed by atoms with van der Waals surface area (Å²) >= 11 is 4.28. The highest BCUT2D eigenvalue weighted by Crippen LogP contribution is 2.45. The van der Waals surface area contributed by atoms with Crippen molar-refractivity contribution in [3.8, 4) is 0 Å². The van der Waals surface area contributed by atoms with E-state index in [1.807, 2.05) is 0 Å². The van der Waals surface area contributed by atoms with Crippen molar-refractivity contribution < 1.29 is 0 Å². The van der Waals surface area contributed by atoms with Crippen LogP contribution in [0.4, 0.5) is 0 Å². The molecule has 2 heterocycles. The Morgan fingerprint density at radius 1 is 1.58 bits per heavy atom. The second-order valence-corrected chi connectivity index (χ2v) is 6.71. The summed E-state index contributed by atoms with van der Waals surface area (Å²) in [6.45, 7) is 4.63. The number of rotatable bonds is 1. The van der Waals surface area contributed by atoms with Crippen LogP contribution in [0.15, 0.2) is 0 Å². The van der Waals surface area contributed by atoms with E-state index >= 15 is 0 Å². The van der Waals surface area contributed by atoms with Crippen LogP contribution < -0.4 is 5.32 Å². The first kappa shape index (κ1) is 9.22. The molecule has 12 heavy (non-hydrogen) atoms. The monoisotopic (exact) mass is 203 g/mol. The van der Waals surface area contributed by atoms with Gasteiger partial charge < -0.3 is 0 Å². The van der Waals surface area contributed by atoms with Crippen LogP contribution in [-0.4, -0.2) is 27.7 Å². The van der Waals surface area contributed by atoms with Gasteiger partial charge in [0.2, 0.25) is 0 Å². The van der Waals surface area contributed by atoms with Crippen molar-refractivity contribution in [3.05, 3.63) is 0 Å². The van der Waals surface area contributed by atoms with Gasteiger partial charge in [-0.15, -0.1) is 11.8 Å². The van der Waals surface area contributed by atoms with Crippen LogP contribution >= 0.6 is 23.5 Å². The first-order valence-corrected chi connectivity index (χ1v) is 6.81. The first-order valence-electron chi connectivity index (χ1n) is 4.77. The zero-order valence-corrected chi connectivity index (χ0v) is 9.43. The number of hydrogen-bond acceptors (Lipinski definition) is 3. The lowest BCUT2D eigenvalue weighted by Crippen LogP contribution is -2.41. The number of thioether (sulfide) groups is 2. The minimum atomic E-state index is 0.463. The molecule has 0 aliphatic carbocycles. The second-order valence-electron chi connectivity index (χ2n) is 3.88. The predicted octanol–water partition coefficient (Wildman–Crippen LogP) is 2.32. The molecule has 0 amide bonds. The Bertz CT molecular complexity index is 174. The van der Waals surface area contributed by atoms with Gasteiger partial charge in [-0.05, 0) is 12.8 Å². The first-order chi connectivity index (χ1) is 5.74. The van der Waals surface area contributed by atoms with Crippen LogP contribution in [0.5, 0.6) is 0 Å². The van der Waals surface area contributed by atoms with E-state index in [1.54, 1.807) is 0 Å². The largest absolute Gasteiger partial charge is 0.298 e. The third-order valence-corrected chi connectivity index (χ3v) is 5.87. The summed E-state index contributed by atoms with van der Waals surface area (Å²) in [7, 11) is 0. The van der Waals surface area contributed by atoms with E-state index in [0.29, 0.717) is 4.87 Å². The van der Waals surface area contributed by atoms with E-state index in [4.69, 9.17) is 0 Å². The smallest absolute Gasteiger partial charge is 0.0750 e. The van der Waals surface area contributed by atoms with E-state index in [0.717, 1.165) is 11.3 Å². The lowest BCUT2D eigenvalue weighted by atomic mass is 10.1. The Labute approximate surface area is 83.4 Å². The fourth-order valence-corrected chi connectivity index (χ4v) is 5.25. The summed E-state index contributed by atoms with van der Waals surface area (Å²) in [5.74, 6) is 2.64. The van der Waals surface area contributed by atoms with Crippen LogP contribution in [0.1, 0.15) is 26.7 Å². The summed E-state index contributed by atoms with van der Waals surface area (Å²) in [4.78, 5) is 0.463. The molecule has 70 valence electrons. The van der Waals surface area contributed by atoms with Crippen molar-refractivity contribution >= 4 is 23.5 Å².